The molecule has 0 spiro atoms. The van der Waals surface area contributed by atoms with Crippen LogP contribution in [0.15, 0.2) is 0 Å². The van der Waals surface area contributed by atoms with E-state index in [9.17, 15) is 19.8 Å². The number of nitrogens with one attached hydrogen (secondary N) is 1. The van der Waals surface area contributed by atoms with Crippen LogP contribution in [0.25, 0.3) is 0 Å². The fourth-order valence-corrected chi connectivity index (χ4v) is 2.76. The number of hydrogen-bond acceptors (Lipinski definition) is 11. The minimum atomic E-state index is -1.82. The van der Waals surface area contributed by atoms with Gasteiger partial charge in [-0.25, -0.2) is 0 Å². The summed E-state index contributed by atoms with van der Waals surface area (Å²) < 4.78 is 37.4. The molecule has 37 heavy (non-hydrogen) atoms. The van der Waals surface area contributed by atoms with Gasteiger partial charge in [0.25, 0.3) is 5.91 Å². The molecule has 0 aromatic carbocycles. The van der Waals surface area contributed by atoms with Gasteiger partial charge in [0.1, 0.15) is 6.10 Å². The van der Waals surface area contributed by atoms with Crippen molar-refractivity contribution >= 4 is 11.7 Å². The summed E-state index contributed by atoms with van der Waals surface area (Å²) in [4.78, 5) is 23.8. The first-order valence-corrected chi connectivity index (χ1v) is 13.2. The second kappa shape index (κ2) is 27.8. The molecule has 12 heteroatoms. The Kier molecular flexibility index (Phi) is 26.9. The normalized spacial score (nSPS) is 13.0. The summed E-state index contributed by atoms with van der Waals surface area (Å²) in [6, 6.07) is 0. The number of rotatable bonds is 29. The molecule has 0 aromatic heterocycles. The minimum Gasteiger partial charge on any atom is -0.382 e. The molecule has 0 bridgehead atoms. The maximum absolute atomic E-state index is 11.9. The Labute approximate surface area is 221 Å². The number of hydrogen-bond donors (Lipinski definition) is 3. The predicted molar refractivity (Wildman–Crippen MR) is 136 cm³/mol. The molecular formula is C25H49NO11. The zero-order chi connectivity index (χ0) is 27.4. The third-order valence-electron chi connectivity index (χ3n) is 4.71. The van der Waals surface area contributed by atoms with Crippen LogP contribution in [0.3, 0.4) is 0 Å². The number of Topliss-reactive ketones (excluding diaryl/α,β-unsaturated/α-hetero) is 1. The van der Waals surface area contributed by atoms with Gasteiger partial charge in [0.2, 0.25) is 0 Å². The van der Waals surface area contributed by atoms with E-state index in [2.05, 4.69) is 12.2 Å². The zero-order valence-electron chi connectivity index (χ0n) is 22.7. The highest BCUT2D eigenvalue weighted by Gasteiger charge is 2.29. The summed E-state index contributed by atoms with van der Waals surface area (Å²) in [6.07, 6.45) is -1.24. The van der Waals surface area contributed by atoms with Gasteiger partial charge >= 0.3 is 0 Å². The molecule has 0 radical (unpaired) electrons. The molecule has 0 heterocycles. The molecule has 2 atom stereocenters. The average Bonchev–Trinajstić information content (AvgIpc) is 2.90. The van der Waals surface area contributed by atoms with Crippen molar-refractivity contribution in [2.24, 2.45) is 0 Å². The first kappa shape index (κ1) is 35.8. The Hall–Kier alpha value is -1.22. The second-order valence-electron chi connectivity index (χ2n) is 8.04. The standard InChI is InChI=1S/C25H49NO11/c1-3-8-31-10-5-6-22(27)23(28)24(29)25(30)26-7-11-33-13-15-35-17-19-37-21-20-36-18-16-34-14-12-32-9-4-2/h23-24,28-29H,3-21H2,1-2H3,(H,26,30). The van der Waals surface area contributed by atoms with E-state index in [0.717, 1.165) is 19.4 Å². The van der Waals surface area contributed by atoms with Gasteiger partial charge < -0.3 is 48.7 Å². The summed E-state index contributed by atoms with van der Waals surface area (Å²) in [5.74, 6) is -1.42. The van der Waals surface area contributed by atoms with Crippen LogP contribution in [0.1, 0.15) is 39.5 Å². The number of carbonyl (C=O) groups excluding carboxylic acids is 2. The van der Waals surface area contributed by atoms with Crippen molar-refractivity contribution < 1.29 is 53.0 Å². The van der Waals surface area contributed by atoms with Crippen LogP contribution >= 0.6 is 0 Å². The Morgan fingerprint density at radius 1 is 0.568 bits per heavy atom. The van der Waals surface area contributed by atoms with Gasteiger partial charge in [0.05, 0.1) is 72.7 Å². The van der Waals surface area contributed by atoms with Crippen LogP contribution in [-0.4, -0.2) is 133 Å². The highest BCUT2D eigenvalue weighted by atomic mass is 16.6. The molecule has 0 saturated heterocycles. The van der Waals surface area contributed by atoms with Crippen LogP contribution < -0.4 is 5.32 Å². The molecule has 0 fully saturated rings. The molecule has 0 aromatic rings. The highest BCUT2D eigenvalue weighted by molar-refractivity contribution is 5.91. The van der Waals surface area contributed by atoms with E-state index < -0.39 is 23.9 Å². The minimum absolute atomic E-state index is 0.0301. The Morgan fingerprint density at radius 3 is 1.38 bits per heavy atom. The van der Waals surface area contributed by atoms with Gasteiger partial charge in [-0.2, -0.15) is 0 Å². The lowest BCUT2D eigenvalue weighted by molar-refractivity contribution is -0.145. The number of ether oxygens (including phenoxy) is 7. The van der Waals surface area contributed by atoms with E-state index in [1.54, 1.807) is 0 Å². The van der Waals surface area contributed by atoms with E-state index in [1.165, 1.54) is 0 Å². The summed E-state index contributed by atoms with van der Waals surface area (Å²) >= 11 is 0. The summed E-state index contributed by atoms with van der Waals surface area (Å²) in [5.41, 5.74) is 0. The third kappa shape index (κ3) is 23.6. The second-order valence-corrected chi connectivity index (χ2v) is 8.04. The predicted octanol–water partition coefficient (Wildman–Crippen LogP) is 0.110. The van der Waals surface area contributed by atoms with Crippen molar-refractivity contribution in [3.05, 3.63) is 0 Å². The number of ketones is 1. The van der Waals surface area contributed by atoms with Crippen LogP contribution in [0, 0.1) is 0 Å². The summed E-state index contributed by atoms with van der Waals surface area (Å²) in [7, 11) is 0. The molecule has 1 amide bonds. The molecule has 0 aliphatic carbocycles. The first-order chi connectivity index (χ1) is 18.0. The number of carbonyl (C=O) groups is 2. The lowest BCUT2D eigenvalue weighted by atomic mass is 10.0. The molecule has 0 aliphatic heterocycles. The van der Waals surface area contributed by atoms with Crippen LogP contribution in [0.2, 0.25) is 0 Å². The van der Waals surface area contributed by atoms with E-state index in [1.807, 2.05) is 6.92 Å². The van der Waals surface area contributed by atoms with Gasteiger partial charge in [0.15, 0.2) is 11.9 Å². The quantitative estimate of drug-likeness (QED) is 0.111. The van der Waals surface area contributed by atoms with Crippen molar-refractivity contribution in [1.82, 2.24) is 5.32 Å². The Bertz CT molecular complexity index is 525. The smallest absolute Gasteiger partial charge is 0.252 e. The molecule has 0 aliphatic rings. The van der Waals surface area contributed by atoms with Crippen molar-refractivity contribution in [3.8, 4) is 0 Å². The molecule has 220 valence electrons. The van der Waals surface area contributed by atoms with Crippen molar-refractivity contribution in [1.29, 1.82) is 0 Å². The Morgan fingerprint density at radius 2 is 0.946 bits per heavy atom. The molecular weight excluding hydrogens is 490 g/mol. The zero-order valence-corrected chi connectivity index (χ0v) is 22.7. The van der Waals surface area contributed by atoms with Crippen LogP contribution in [-0.2, 0) is 42.7 Å². The molecule has 2 unspecified atom stereocenters. The highest BCUT2D eigenvalue weighted by Crippen LogP contribution is 2.02. The number of aliphatic hydroxyl groups excluding tert-OH is 2. The fraction of sp³-hybridized carbons (Fsp3) is 0.920. The molecule has 3 N–H and O–H groups in total. The summed E-state index contributed by atoms with van der Waals surface area (Å²) in [6.45, 7) is 10.8. The van der Waals surface area contributed by atoms with E-state index in [0.29, 0.717) is 85.7 Å². The van der Waals surface area contributed by atoms with Gasteiger partial charge in [-0.1, -0.05) is 13.8 Å². The molecule has 0 rings (SSSR count). The molecule has 0 saturated carbocycles. The van der Waals surface area contributed by atoms with Gasteiger partial charge in [-0.15, -0.1) is 0 Å². The molecule has 12 nitrogen and oxygen atoms in total. The van der Waals surface area contributed by atoms with Crippen LogP contribution in [0.5, 0.6) is 0 Å². The van der Waals surface area contributed by atoms with Crippen LogP contribution in [0.4, 0.5) is 0 Å². The van der Waals surface area contributed by atoms with E-state index >= 15 is 0 Å². The van der Waals surface area contributed by atoms with Gasteiger partial charge in [-0.3, -0.25) is 9.59 Å². The third-order valence-corrected chi connectivity index (χ3v) is 4.71. The number of aliphatic hydroxyl groups is 2. The largest absolute Gasteiger partial charge is 0.382 e. The lowest BCUT2D eigenvalue weighted by Gasteiger charge is -2.16. The van der Waals surface area contributed by atoms with Crippen molar-refractivity contribution in [2.75, 3.05) is 99.0 Å². The monoisotopic (exact) mass is 539 g/mol. The van der Waals surface area contributed by atoms with Gasteiger partial charge in [-0.05, 0) is 19.3 Å². The SMILES string of the molecule is CCCOCCCC(=O)C(O)C(O)C(=O)NCCOCCOCCOCCOCCOCCOCCC. The average molecular weight is 540 g/mol. The first-order valence-electron chi connectivity index (χ1n) is 13.2. The van der Waals surface area contributed by atoms with E-state index in [-0.39, 0.29) is 19.6 Å². The summed E-state index contributed by atoms with van der Waals surface area (Å²) in [5, 5.41) is 22.1. The van der Waals surface area contributed by atoms with E-state index in [4.69, 9.17) is 33.2 Å². The maximum atomic E-state index is 11.9. The Balaban J connectivity index is 3.43. The number of amides is 1. The van der Waals surface area contributed by atoms with Crippen molar-refractivity contribution in [3.63, 3.8) is 0 Å². The topological polar surface area (TPSA) is 151 Å². The van der Waals surface area contributed by atoms with Gasteiger partial charge in [0, 0.05) is 32.8 Å². The lowest BCUT2D eigenvalue weighted by Crippen LogP contribution is -2.46. The van der Waals surface area contributed by atoms with Crippen molar-refractivity contribution in [2.45, 2.75) is 51.7 Å². The maximum Gasteiger partial charge on any atom is 0.252 e. The fourth-order valence-electron chi connectivity index (χ4n) is 2.76.